The van der Waals surface area contributed by atoms with Crippen molar-refractivity contribution in [3.05, 3.63) is 65.2 Å². The fourth-order valence-corrected chi connectivity index (χ4v) is 2.80. The summed E-state index contributed by atoms with van der Waals surface area (Å²) >= 11 is 0. The standard InChI is InChI=1S/C19H21N5O3/c1-12-17(13(2)24(21-12)11-15-7-5-4-6-8-15)20-18(25)14(3)23-10-9-16(22-23)19(26)27/h4-10,14H,11H2,1-3H3,(H,20,25)(H,26,27). The van der Waals surface area contributed by atoms with Crippen LogP contribution in [0, 0.1) is 13.8 Å². The van der Waals surface area contributed by atoms with Crippen molar-refractivity contribution < 1.29 is 14.7 Å². The van der Waals surface area contributed by atoms with Gasteiger partial charge in [-0.2, -0.15) is 10.2 Å². The van der Waals surface area contributed by atoms with Crippen LogP contribution in [0.15, 0.2) is 42.6 Å². The number of aromatic carboxylic acids is 1. The molecule has 0 aliphatic heterocycles. The third-order valence-corrected chi connectivity index (χ3v) is 4.41. The maximum atomic E-state index is 12.6. The van der Waals surface area contributed by atoms with Gasteiger partial charge in [-0.3, -0.25) is 14.2 Å². The molecule has 0 saturated heterocycles. The van der Waals surface area contributed by atoms with Gasteiger partial charge >= 0.3 is 5.97 Å². The molecule has 140 valence electrons. The average molecular weight is 367 g/mol. The van der Waals surface area contributed by atoms with E-state index in [0.29, 0.717) is 12.2 Å². The van der Waals surface area contributed by atoms with Gasteiger partial charge in [-0.05, 0) is 32.4 Å². The molecule has 0 spiro atoms. The zero-order chi connectivity index (χ0) is 19.6. The molecule has 0 saturated carbocycles. The Balaban J connectivity index is 1.76. The molecule has 1 atom stereocenters. The SMILES string of the molecule is Cc1nn(Cc2ccccc2)c(C)c1NC(=O)C(C)n1ccc(C(=O)O)n1. The fourth-order valence-electron chi connectivity index (χ4n) is 2.80. The van der Waals surface area contributed by atoms with Crippen LogP contribution in [-0.4, -0.2) is 36.5 Å². The zero-order valence-corrected chi connectivity index (χ0v) is 15.4. The van der Waals surface area contributed by atoms with Crippen LogP contribution in [0.4, 0.5) is 5.69 Å². The van der Waals surface area contributed by atoms with Crippen molar-refractivity contribution in [3.63, 3.8) is 0 Å². The molecule has 8 heteroatoms. The van der Waals surface area contributed by atoms with E-state index < -0.39 is 12.0 Å². The van der Waals surface area contributed by atoms with Crippen molar-refractivity contribution in [2.75, 3.05) is 5.32 Å². The van der Waals surface area contributed by atoms with E-state index in [-0.39, 0.29) is 11.6 Å². The van der Waals surface area contributed by atoms with Crippen LogP contribution in [0.1, 0.15) is 40.4 Å². The number of hydrogen-bond donors (Lipinski definition) is 2. The number of amides is 1. The topological polar surface area (TPSA) is 102 Å². The molecule has 2 N–H and O–H groups in total. The van der Waals surface area contributed by atoms with E-state index >= 15 is 0 Å². The highest BCUT2D eigenvalue weighted by molar-refractivity contribution is 5.94. The normalized spacial score (nSPS) is 12.0. The molecule has 3 aromatic rings. The molecule has 0 bridgehead atoms. The minimum Gasteiger partial charge on any atom is -0.476 e. The molecule has 0 aliphatic rings. The molecule has 27 heavy (non-hydrogen) atoms. The second kappa shape index (κ2) is 7.45. The number of aryl methyl sites for hydroxylation is 1. The summed E-state index contributed by atoms with van der Waals surface area (Å²) in [5.41, 5.74) is 3.25. The summed E-state index contributed by atoms with van der Waals surface area (Å²) in [5.74, 6) is -1.42. The minimum absolute atomic E-state index is 0.0994. The van der Waals surface area contributed by atoms with Crippen molar-refractivity contribution >= 4 is 17.6 Å². The van der Waals surface area contributed by atoms with Crippen LogP contribution in [0.3, 0.4) is 0 Å². The Labute approximate surface area is 156 Å². The molecule has 1 amide bonds. The quantitative estimate of drug-likeness (QED) is 0.697. The maximum absolute atomic E-state index is 12.6. The Morgan fingerprint density at radius 3 is 2.48 bits per heavy atom. The first-order chi connectivity index (χ1) is 12.9. The van der Waals surface area contributed by atoms with Crippen molar-refractivity contribution in [1.29, 1.82) is 0 Å². The summed E-state index contributed by atoms with van der Waals surface area (Å²) in [6.07, 6.45) is 1.48. The van der Waals surface area contributed by atoms with Gasteiger partial charge in [0.2, 0.25) is 5.91 Å². The third kappa shape index (κ3) is 3.89. The van der Waals surface area contributed by atoms with E-state index in [1.807, 2.05) is 48.9 Å². The summed E-state index contributed by atoms with van der Waals surface area (Å²) in [6.45, 7) is 6.01. The first-order valence-corrected chi connectivity index (χ1v) is 8.54. The van der Waals surface area contributed by atoms with Gasteiger partial charge in [0.25, 0.3) is 0 Å². The second-order valence-electron chi connectivity index (χ2n) is 6.34. The predicted octanol–water partition coefficient (Wildman–Crippen LogP) is 2.64. The lowest BCUT2D eigenvalue weighted by Crippen LogP contribution is -2.25. The monoisotopic (exact) mass is 367 g/mol. The van der Waals surface area contributed by atoms with Crippen LogP contribution in [0.25, 0.3) is 0 Å². The van der Waals surface area contributed by atoms with Crippen molar-refractivity contribution in [1.82, 2.24) is 19.6 Å². The predicted molar refractivity (Wildman–Crippen MR) is 99.8 cm³/mol. The van der Waals surface area contributed by atoms with Crippen molar-refractivity contribution in [3.8, 4) is 0 Å². The Morgan fingerprint density at radius 1 is 1.15 bits per heavy atom. The van der Waals surface area contributed by atoms with Gasteiger partial charge in [-0.1, -0.05) is 30.3 Å². The first kappa shape index (κ1) is 18.4. The zero-order valence-electron chi connectivity index (χ0n) is 15.4. The minimum atomic E-state index is -1.13. The van der Waals surface area contributed by atoms with Crippen LogP contribution in [0.2, 0.25) is 0 Å². The lowest BCUT2D eigenvalue weighted by Gasteiger charge is -2.13. The van der Waals surface area contributed by atoms with Gasteiger partial charge in [0.1, 0.15) is 6.04 Å². The van der Waals surface area contributed by atoms with E-state index in [2.05, 4.69) is 15.5 Å². The Bertz CT molecular complexity index is 975. The third-order valence-electron chi connectivity index (χ3n) is 4.41. The first-order valence-electron chi connectivity index (χ1n) is 8.54. The summed E-state index contributed by atoms with van der Waals surface area (Å²) < 4.78 is 3.18. The lowest BCUT2D eigenvalue weighted by atomic mass is 10.2. The van der Waals surface area contributed by atoms with E-state index in [9.17, 15) is 9.59 Å². The van der Waals surface area contributed by atoms with E-state index in [1.54, 1.807) is 6.92 Å². The highest BCUT2D eigenvalue weighted by atomic mass is 16.4. The number of carboxylic acid groups (broad SMARTS) is 1. The lowest BCUT2D eigenvalue weighted by molar-refractivity contribution is -0.119. The van der Waals surface area contributed by atoms with Gasteiger partial charge in [0, 0.05) is 6.20 Å². The Kier molecular flexibility index (Phi) is 5.07. The number of benzene rings is 1. The van der Waals surface area contributed by atoms with Crippen molar-refractivity contribution in [2.45, 2.75) is 33.4 Å². The van der Waals surface area contributed by atoms with E-state index in [4.69, 9.17) is 5.11 Å². The number of carboxylic acids is 1. The number of aromatic nitrogens is 4. The van der Waals surface area contributed by atoms with Crippen LogP contribution < -0.4 is 5.32 Å². The number of carbonyl (C=O) groups excluding carboxylic acids is 1. The summed E-state index contributed by atoms with van der Waals surface area (Å²) in [5, 5.41) is 20.3. The van der Waals surface area contributed by atoms with Crippen LogP contribution in [0.5, 0.6) is 0 Å². The summed E-state index contributed by atoms with van der Waals surface area (Å²) in [4.78, 5) is 23.6. The number of nitrogens with zero attached hydrogens (tertiary/aromatic N) is 4. The van der Waals surface area contributed by atoms with Crippen LogP contribution in [-0.2, 0) is 11.3 Å². The summed E-state index contributed by atoms with van der Waals surface area (Å²) in [7, 11) is 0. The Morgan fingerprint density at radius 2 is 1.85 bits per heavy atom. The number of carbonyl (C=O) groups is 2. The number of nitrogens with one attached hydrogen (secondary N) is 1. The molecular formula is C19H21N5O3. The fraction of sp³-hybridized carbons (Fsp3) is 0.263. The largest absolute Gasteiger partial charge is 0.476 e. The molecule has 2 heterocycles. The van der Waals surface area contributed by atoms with Crippen molar-refractivity contribution in [2.24, 2.45) is 0 Å². The molecule has 8 nitrogen and oxygen atoms in total. The van der Waals surface area contributed by atoms with Gasteiger partial charge in [0.05, 0.1) is 23.6 Å². The molecular weight excluding hydrogens is 346 g/mol. The average Bonchev–Trinajstić information content (AvgIpc) is 3.23. The van der Waals surface area contributed by atoms with E-state index in [0.717, 1.165) is 17.0 Å². The maximum Gasteiger partial charge on any atom is 0.356 e. The molecule has 1 unspecified atom stereocenters. The molecule has 0 fully saturated rings. The highest BCUT2D eigenvalue weighted by Gasteiger charge is 2.21. The smallest absolute Gasteiger partial charge is 0.356 e. The molecule has 1 aromatic carbocycles. The number of rotatable bonds is 6. The highest BCUT2D eigenvalue weighted by Crippen LogP contribution is 2.22. The van der Waals surface area contributed by atoms with Gasteiger partial charge < -0.3 is 10.4 Å². The van der Waals surface area contributed by atoms with Gasteiger partial charge in [-0.25, -0.2) is 4.79 Å². The number of anilines is 1. The van der Waals surface area contributed by atoms with E-state index in [1.165, 1.54) is 16.9 Å². The summed E-state index contributed by atoms with van der Waals surface area (Å²) in [6, 6.07) is 10.7. The Hall–Kier alpha value is -3.42. The number of hydrogen-bond acceptors (Lipinski definition) is 4. The molecule has 2 aromatic heterocycles. The second-order valence-corrected chi connectivity index (χ2v) is 6.34. The van der Waals surface area contributed by atoms with Gasteiger partial charge in [-0.15, -0.1) is 0 Å². The molecule has 0 aliphatic carbocycles. The van der Waals surface area contributed by atoms with Gasteiger partial charge in [0.15, 0.2) is 5.69 Å². The molecule has 3 rings (SSSR count). The van der Waals surface area contributed by atoms with Crippen LogP contribution >= 0.6 is 0 Å². The molecule has 0 radical (unpaired) electrons.